The first-order chi connectivity index (χ1) is 33.3. The number of benzene rings is 1. The van der Waals surface area contributed by atoms with Crippen molar-refractivity contribution in [3.05, 3.63) is 69.9 Å². The van der Waals surface area contributed by atoms with E-state index in [-0.39, 0.29) is 56.7 Å². The Labute approximate surface area is 414 Å². The molecule has 1 N–H and O–H groups in total. The van der Waals surface area contributed by atoms with E-state index < -0.39 is 29.9 Å². The number of esters is 2. The number of rotatable bonds is 22. The number of carboxylic acids is 1. The van der Waals surface area contributed by atoms with Gasteiger partial charge in [-0.1, -0.05) is 82.2 Å². The lowest BCUT2D eigenvalue weighted by molar-refractivity contribution is -0.146. The molecule has 1 saturated heterocycles. The van der Waals surface area contributed by atoms with Crippen molar-refractivity contribution < 1.29 is 52.3 Å². The number of imide groups is 1. The lowest BCUT2D eigenvalue weighted by Gasteiger charge is -2.38. The van der Waals surface area contributed by atoms with E-state index in [0.717, 1.165) is 85.8 Å². The van der Waals surface area contributed by atoms with Crippen molar-refractivity contribution >= 4 is 29.9 Å². The molecule has 384 valence electrons. The Morgan fingerprint density at radius 3 is 1.59 bits per heavy atom. The Bertz CT molecular complexity index is 2250. The average Bonchev–Trinajstić information content (AvgIpc) is 4.18. The molecule has 5 fully saturated rings. The number of nitrogens with zero attached hydrogens (tertiary/aromatic N) is 3. The quantitative estimate of drug-likeness (QED) is 0.0740. The molecule has 1 aliphatic heterocycles. The summed E-state index contributed by atoms with van der Waals surface area (Å²) in [5, 5.41) is 18.5. The van der Waals surface area contributed by atoms with Crippen LogP contribution in [0.3, 0.4) is 0 Å². The Morgan fingerprint density at radius 2 is 1.16 bits per heavy atom. The van der Waals surface area contributed by atoms with Crippen LogP contribution in [0.5, 0.6) is 0 Å². The normalized spacial score (nSPS) is 23.0. The molecule has 3 heterocycles. The number of carbonyl (C=O) groups excluding carboxylic acids is 4. The second-order valence-corrected chi connectivity index (χ2v) is 23.4. The summed E-state index contributed by atoms with van der Waals surface area (Å²) in [5.41, 5.74) is 5.61. The van der Waals surface area contributed by atoms with Crippen molar-refractivity contribution in [3.63, 3.8) is 0 Å². The fraction of sp³-hybridized carbons (Fsp3) is 0.696. The summed E-state index contributed by atoms with van der Waals surface area (Å²) in [7, 11) is 0. The zero-order valence-electron chi connectivity index (χ0n) is 43.1. The summed E-state index contributed by atoms with van der Waals surface area (Å²) in [5.74, 6) is 1.92. The van der Waals surface area contributed by atoms with Crippen LogP contribution in [-0.2, 0) is 52.7 Å². The van der Waals surface area contributed by atoms with Gasteiger partial charge in [0.15, 0.2) is 0 Å². The molecule has 1 aromatic carbocycles. The van der Waals surface area contributed by atoms with E-state index in [1.807, 2.05) is 30.3 Å². The van der Waals surface area contributed by atoms with Gasteiger partial charge in [-0.3, -0.25) is 19.2 Å². The third-order valence-corrected chi connectivity index (χ3v) is 14.7. The highest BCUT2D eigenvalue weighted by atomic mass is 16.6. The summed E-state index contributed by atoms with van der Waals surface area (Å²) in [6, 6.07) is 9.39. The minimum atomic E-state index is -0.894. The predicted octanol–water partition coefficient (Wildman–Crippen LogP) is 11.6. The van der Waals surface area contributed by atoms with Crippen molar-refractivity contribution in [1.82, 2.24) is 15.2 Å². The van der Waals surface area contributed by atoms with Gasteiger partial charge in [0.2, 0.25) is 5.91 Å². The summed E-state index contributed by atoms with van der Waals surface area (Å²) in [6.07, 6.45) is 12.6. The number of hydrogen-bond acceptors (Lipinski definition) is 12. The van der Waals surface area contributed by atoms with Gasteiger partial charge >= 0.3 is 24.0 Å². The smallest absolute Gasteiger partial charge is 0.416 e. The maximum absolute atomic E-state index is 14.0. The van der Waals surface area contributed by atoms with E-state index in [0.29, 0.717) is 66.3 Å². The highest BCUT2D eigenvalue weighted by Gasteiger charge is 2.45. The van der Waals surface area contributed by atoms with Crippen molar-refractivity contribution in [3.8, 4) is 0 Å². The van der Waals surface area contributed by atoms with Crippen LogP contribution in [0, 0.1) is 34.5 Å². The van der Waals surface area contributed by atoms with Gasteiger partial charge in [-0.05, 0) is 137 Å². The standard InChI is InChI=1S/C33H44N2O6.C23H35NO5/c1-5-39-28(36)14-13-24(31(37)35-26(20-40-32(35)38)17-21-9-7-6-8-10-21)18-27-29(23-11-12-23)30(41-34-27)25-15-22(16-25)19-33(2,3)4;1-5-28-19(25)9-8-16(22(26)27)12-18-20(15-6-7-15)21(29-24-18)17-10-14(11-17)13-23(2,3)4/h6-10,22-26H,5,11-20H2,1-4H3;14-17H,5-13H2,1-4H3,(H,26,27)/t22?,24-,25?,26-;14?,16-,17?/m00/s1. The first-order valence-corrected chi connectivity index (χ1v) is 26.3. The molecular formula is C56H79N3O11. The topological polar surface area (TPSA) is 189 Å². The molecule has 0 radical (unpaired) electrons. The zero-order valence-corrected chi connectivity index (χ0v) is 43.1. The fourth-order valence-corrected chi connectivity index (χ4v) is 11.3. The Kier molecular flexibility index (Phi) is 17.4. The minimum Gasteiger partial charge on any atom is -0.481 e. The Morgan fingerprint density at radius 1 is 0.700 bits per heavy atom. The summed E-state index contributed by atoms with van der Waals surface area (Å²) in [6.45, 7) is 18.0. The highest BCUT2D eigenvalue weighted by Crippen LogP contribution is 2.54. The third-order valence-electron chi connectivity index (χ3n) is 14.7. The predicted molar refractivity (Wildman–Crippen MR) is 262 cm³/mol. The number of amides is 2. The van der Waals surface area contributed by atoms with Gasteiger partial charge in [0, 0.05) is 54.6 Å². The molecule has 2 aromatic heterocycles. The maximum Gasteiger partial charge on any atom is 0.416 e. The number of aromatic nitrogens is 2. The Hall–Kier alpha value is -5.01. The summed E-state index contributed by atoms with van der Waals surface area (Å²) < 4.78 is 27.2. The van der Waals surface area contributed by atoms with E-state index >= 15 is 0 Å². The molecule has 5 aliphatic rings. The Balaban J connectivity index is 0.000000219. The number of carbonyl (C=O) groups is 5. The minimum absolute atomic E-state index is 0.0943. The van der Waals surface area contributed by atoms with Crippen LogP contribution in [0.15, 0.2) is 39.4 Å². The first-order valence-electron chi connectivity index (χ1n) is 26.3. The van der Waals surface area contributed by atoms with E-state index in [4.69, 9.17) is 23.3 Å². The van der Waals surface area contributed by atoms with Crippen molar-refractivity contribution in [2.75, 3.05) is 19.8 Å². The van der Waals surface area contributed by atoms with Crippen molar-refractivity contribution in [1.29, 1.82) is 0 Å². The van der Waals surface area contributed by atoms with E-state index in [2.05, 4.69) is 51.9 Å². The summed E-state index contributed by atoms with van der Waals surface area (Å²) >= 11 is 0. The van der Waals surface area contributed by atoms with Crippen LogP contribution >= 0.6 is 0 Å². The number of hydrogen-bond donors (Lipinski definition) is 1. The molecule has 0 spiro atoms. The number of aliphatic carboxylic acids is 1. The largest absolute Gasteiger partial charge is 0.481 e. The van der Waals surface area contributed by atoms with Gasteiger partial charge in [-0.25, -0.2) is 9.69 Å². The molecule has 4 aliphatic carbocycles. The molecule has 0 bridgehead atoms. The lowest BCUT2D eigenvalue weighted by Crippen LogP contribution is -2.44. The molecule has 70 heavy (non-hydrogen) atoms. The molecule has 0 unspecified atom stereocenters. The van der Waals surface area contributed by atoms with Crippen LogP contribution < -0.4 is 0 Å². The van der Waals surface area contributed by atoms with Crippen molar-refractivity contribution in [2.24, 2.45) is 34.5 Å². The molecular weight excluding hydrogens is 891 g/mol. The maximum atomic E-state index is 14.0. The molecule has 14 heteroatoms. The van der Waals surface area contributed by atoms with Gasteiger partial charge in [0.05, 0.1) is 36.6 Å². The highest BCUT2D eigenvalue weighted by molar-refractivity contribution is 5.95. The van der Waals surface area contributed by atoms with Gasteiger partial charge in [0.25, 0.3) is 0 Å². The fourth-order valence-electron chi connectivity index (χ4n) is 11.3. The van der Waals surface area contributed by atoms with E-state index in [1.165, 1.54) is 28.9 Å². The monoisotopic (exact) mass is 970 g/mol. The van der Waals surface area contributed by atoms with Crippen LogP contribution in [0.4, 0.5) is 4.79 Å². The molecule has 8 rings (SSSR count). The summed E-state index contributed by atoms with van der Waals surface area (Å²) in [4.78, 5) is 63.8. The van der Waals surface area contributed by atoms with E-state index in [1.54, 1.807) is 13.8 Å². The first kappa shape index (κ1) is 52.8. The van der Waals surface area contributed by atoms with Crippen molar-refractivity contribution in [2.45, 2.75) is 194 Å². The van der Waals surface area contributed by atoms with Gasteiger partial charge in [0.1, 0.15) is 18.1 Å². The van der Waals surface area contributed by atoms with Gasteiger partial charge < -0.3 is 28.4 Å². The molecule has 4 saturated carbocycles. The van der Waals surface area contributed by atoms with Crippen LogP contribution in [0.1, 0.15) is 209 Å². The van der Waals surface area contributed by atoms with Crippen LogP contribution in [0.25, 0.3) is 0 Å². The average molecular weight is 970 g/mol. The molecule has 3 aromatic rings. The molecule has 14 nitrogen and oxygen atoms in total. The molecule has 3 atom stereocenters. The third kappa shape index (κ3) is 14.3. The SMILES string of the molecule is CCOC(=O)CC[C@@H](Cc1noc(C2CC(CC(C)(C)C)C2)c1C1CC1)C(=O)N1C(=O)OC[C@@H]1Cc1ccccc1.CCOC(=O)CC[C@@H](Cc1noc(C2CC(CC(C)(C)C)C2)c1C1CC1)C(=O)O. The van der Waals surface area contributed by atoms with Gasteiger partial charge in [-0.15, -0.1) is 0 Å². The van der Waals surface area contributed by atoms with E-state index in [9.17, 15) is 29.1 Å². The zero-order chi connectivity index (χ0) is 50.3. The molecule has 2 amide bonds. The number of ether oxygens (including phenoxy) is 3. The van der Waals surface area contributed by atoms with Crippen LogP contribution in [-0.4, -0.2) is 76.1 Å². The van der Waals surface area contributed by atoms with Gasteiger partial charge in [-0.2, -0.15) is 0 Å². The lowest BCUT2D eigenvalue weighted by atomic mass is 9.67. The second-order valence-electron chi connectivity index (χ2n) is 23.4. The van der Waals surface area contributed by atoms with Crippen LogP contribution in [0.2, 0.25) is 0 Å². The second kappa shape index (κ2) is 23.0. The number of cyclic esters (lactones) is 1. The number of carboxylic acid groups (broad SMARTS) is 1.